The molecule has 182 valence electrons. The van der Waals surface area contributed by atoms with Gasteiger partial charge >= 0.3 is 5.91 Å². The summed E-state index contributed by atoms with van der Waals surface area (Å²) in [7, 11) is 0. The molecule has 1 aromatic heterocycles. The Bertz CT molecular complexity index is 1530. The van der Waals surface area contributed by atoms with Gasteiger partial charge in [0.15, 0.2) is 5.13 Å². The molecule has 4 aromatic rings. The van der Waals surface area contributed by atoms with Gasteiger partial charge < -0.3 is 5.11 Å². The first-order valence-corrected chi connectivity index (χ1v) is 12.8. The Morgan fingerprint density at radius 2 is 1.67 bits per heavy atom. The summed E-state index contributed by atoms with van der Waals surface area (Å²) in [5.41, 5.74) is 4.05. The molecule has 2 heterocycles. The predicted molar refractivity (Wildman–Crippen MR) is 146 cm³/mol. The third-order valence-corrected chi connectivity index (χ3v) is 7.66. The molecule has 7 heteroatoms. The maximum absolute atomic E-state index is 13.4. The molecule has 1 N–H and O–H groups in total. The van der Waals surface area contributed by atoms with E-state index >= 15 is 0 Å². The number of carbonyl (C=O) groups is 2. The van der Waals surface area contributed by atoms with Crippen LogP contribution in [-0.2, 0) is 15.0 Å². The number of Topliss-reactive ketones (excluding diaryl/α,β-unsaturated/α-hetero) is 1. The number of anilines is 1. The summed E-state index contributed by atoms with van der Waals surface area (Å²) in [5, 5.41) is 12.2. The number of thiazole rings is 1. The zero-order valence-electron chi connectivity index (χ0n) is 20.4. The largest absolute Gasteiger partial charge is 0.507 e. The van der Waals surface area contributed by atoms with Crippen LogP contribution in [0, 0.1) is 6.92 Å². The second-order valence-corrected chi connectivity index (χ2v) is 11.5. The van der Waals surface area contributed by atoms with Crippen molar-refractivity contribution in [2.75, 3.05) is 4.90 Å². The first-order valence-electron chi connectivity index (χ1n) is 11.6. The highest BCUT2D eigenvalue weighted by Gasteiger charge is 2.48. The number of fused-ring (bicyclic) bond motifs is 1. The SMILES string of the molecule is Cc1ccc2nc(N3C(=O)C(=O)C(=C(O)c4ccc(Cl)cc4)[C@@H]3c3ccc(C(C)(C)C)cc3)sc2c1. The molecule has 0 spiro atoms. The summed E-state index contributed by atoms with van der Waals surface area (Å²) < 4.78 is 0.923. The van der Waals surface area contributed by atoms with Gasteiger partial charge in [-0.1, -0.05) is 74.0 Å². The van der Waals surface area contributed by atoms with Crippen LogP contribution in [0.25, 0.3) is 16.0 Å². The average molecular weight is 517 g/mol. The number of carbonyl (C=O) groups excluding carboxylic acids is 2. The van der Waals surface area contributed by atoms with Crippen LogP contribution in [0.1, 0.15) is 49.1 Å². The summed E-state index contributed by atoms with van der Waals surface area (Å²) in [4.78, 5) is 32.9. The molecular formula is C29H25ClN2O3S. The van der Waals surface area contributed by atoms with Crippen molar-refractivity contribution in [3.8, 4) is 0 Å². The minimum absolute atomic E-state index is 0.0290. The second-order valence-electron chi connectivity index (χ2n) is 10.0. The predicted octanol–water partition coefficient (Wildman–Crippen LogP) is 7.18. The topological polar surface area (TPSA) is 70.5 Å². The van der Waals surface area contributed by atoms with Gasteiger partial charge in [-0.25, -0.2) is 4.98 Å². The normalized spacial score (nSPS) is 17.8. The van der Waals surface area contributed by atoms with E-state index < -0.39 is 17.7 Å². The highest BCUT2D eigenvalue weighted by Crippen LogP contribution is 2.44. The van der Waals surface area contributed by atoms with Gasteiger partial charge in [0.1, 0.15) is 5.76 Å². The van der Waals surface area contributed by atoms with Crippen LogP contribution in [0.5, 0.6) is 0 Å². The first-order chi connectivity index (χ1) is 17.0. The van der Waals surface area contributed by atoms with Crippen LogP contribution in [0.15, 0.2) is 72.3 Å². The molecule has 1 aliphatic rings. The Kier molecular flexibility index (Phi) is 5.97. The summed E-state index contributed by atoms with van der Waals surface area (Å²) in [5.74, 6) is -1.71. The zero-order chi connectivity index (χ0) is 25.8. The van der Waals surface area contributed by atoms with Gasteiger partial charge in [-0.3, -0.25) is 14.5 Å². The molecule has 5 rings (SSSR count). The van der Waals surface area contributed by atoms with Crippen molar-refractivity contribution >= 4 is 55.7 Å². The van der Waals surface area contributed by atoms with Crippen LogP contribution in [0.3, 0.4) is 0 Å². The van der Waals surface area contributed by atoms with Crippen molar-refractivity contribution in [2.24, 2.45) is 0 Å². The van der Waals surface area contributed by atoms with E-state index in [9.17, 15) is 14.7 Å². The number of aliphatic hydroxyl groups is 1. The van der Waals surface area contributed by atoms with Gasteiger partial charge in [0, 0.05) is 10.6 Å². The van der Waals surface area contributed by atoms with Gasteiger partial charge in [-0.05, 0) is 65.4 Å². The van der Waals surface area contributed by atoms with Crippen molar-refractivity contribution in [3.05, 3.63) is 99.6 Å². The first kappa shape index (κ1) is 24.2. The quantitative estimate of drug-likeness (QED) is 0.178. The molecule has 36 heavy (non-hydrogen) atoms. The number of amides is 1. The third kappa shape index (κ3) is 4.21. The van der Waals surface area contributed by atoms with Crippen LogP contribution < -0.4 is 4.90 Å². The molecule has 0 aliphatic carbocycles. The van der Waals surface area contributed by atoms with E-state index in [0.717, 1.165) is 21.3 Å². The number of rotatable bonds is 3. The number of aryl methyl sites for hydroxylation is 1. The molecule has 1 aliphatic heterocycles. The van der Waals surface area contributed by atoms with Crippen molar-refractivity contribution < 1.29 is 14.7 Å². The molecule has 1 saturated heterocycles. The minimum Gasteiger partial charge on any atom is -0.507 e. The molecule has 1 amide bonds. The Balaban J connectivity index is 1.71. The number of halogens is 1. The smallest absolute Gasteiger partial charge is 0.301 e. The lowest BCUT2D eigenvalue weighted by Crippen LogP contribution is -2.29. The third-order valence-electron chi connectivity index (χ3n) is 6.39. The average Bonchev–Trinajstić information content (AvgIpc) is 3.36. The molecule has 0 unspecified atom stereocenters. The maximum atomic E-state index is 13.4. The number of hydrogen-bond acceptors (Lipinski definition) is 5. The van der Waals surface area contributed by atoms with Crippen molar-refractivity contribution in [1.29, 1.82) is 0 Å². The molecule has 0 saturated carbocycles. The molecule has 1 atom stereocenters. The van der Waals surface area contributed by atoms with Gasteiger partial charge in [-0.15, -0.1) is 0 Å². The number of hydrogen-bond donors (Lipinski definition) is 1. The van der Waals surface area contributed by atoms with Crippen molar-refractivity contribution in [1.82, 2.24) is 4.98 Å². The fourth-order valence-corrected chi connectivity index (χ4v) is 5.61. The van der Waals surface area contributed by atoms with Gasteiger partial charge in [0.25, 0.3) is 5.78 Å². The fourth-order valence-electron chi connectivity index (χ4n) is 4.40. The molecule has 3 aromatic carbocycles. The van der Waals surface area contributed by atoms with E-state index in [1.807, 2.05) is 49.4 Å². The number of aliphatic hydroxyl groups excluding tert-OH is 1. The zero-order valence-corrected chi connectivity index (χ0v) is 21.9. The second kappa shape index (κ2) is 8.87. The number of ketones is 1. The van der Waals surface area contributed by atoms with Crippen LogP contribution in [0.2, 0.25) is 5.02 Å². The monoisotopic (exact) mass is 516 g/mol. The fraction of sp³-hybridized carbons (Fsp3) is 0.207. The van der Waals surface area contributed by atoms with Gasteiger partial charge in [-0.2, -0.15) is 0 Å². The summed E-state index contributed by atoms with van der Waals surface area (Å²) in [6.45, 7) is 8.36. The highest BCUT2D eigenvalue weighted by molar-refractivity contribution is 7.22. The molecule has 0 bridgehead atoms. The molecule has 5 nitrogen and oxygen atoms in total. The van der Waals surface area contributed by atoms with Gasteiger partial charge in [0.05, 0.1) is 21.8 Å². The highest BCUT2D eigenvalue weighted by atomic mass is 35.5. The van der Waals surface area contributed by atoms with Gasteiger partial charge in [0.2, 0.25) is 0 Å². The maximum Gasteiger partial charge on any atom is 0.301 e. The molecule has 1 fully saturated rings. The Morgan fingerprint density at radius 1 is 1.00 bits per heavy atom. The minimum atomic E-state index is -0.823. The van der Waals surface area contributed by atoms with Crippen LogP contribution in [-0.4, -0.2) is 21.8 Å². The summed E-state index contributed by atoms with van der Waals surface area (Å²) in [6.07, 6.45) is 0. The van der Waals surface area contributed by atoms with Crippen molar-refractivity contribution in [2.45, 2.75) is 39.2 Å². The van der Waals surface area contributed by atoms with E-state index in [1.54, 1.807) is 24.3 Å². The molecular weight excluding hydrogens is 492 g/mol. The standard InChI is InChI=1S/C29H25ClN2O3S/c1-16-5-14-21-22(15-16)36-28(31-21)32-24(17-6-10-19(11-7-17)29(2,3)4)23(26(34)27(32)35)25(33)18-8-12-20(30)13-9-18/h5-15,24,33H,1-4H3/t24-/m0/s1. The lowest BCUT2D eigenvalue weighted by molar-refractivity contribution is -0.132. The van der Waals surface area contributed by atoms with Crippen LogP contribution in [0.4, 0.5) is 5.13 Å². The summed E-state index contributed by atoms with van der Waals surface area (Å²) in [6, 6.07) is 19.4. The number of aromatic nitrogens is 1. The Hall–Kier alpha value is -3.48. The Labute approximate surface area is 218 Å². The number of nitrogens with zero attached hydrogens (tertiary/aromatic N) is 2. The summed E-state index contributed by atoms with van der Waals surface area (Å²) >= 11 is 7.37. The van der Waals surface area contributed by atoms with E-state index in [-0.39, 0.29) is 16.7 Å². The Morgan fingerprint density at radius 3 is 2.31 bits per heavy atom. The van der Waals surface area contributed by atoms with Crippen LogP contribution >= 0.6 is 22.9 Å². The van der Waals surface area contributed by atoms with Crippen molar-refractivity contribution in [3.63, 3.8) is 0 Å². The lowest BCUT2D eigenvalue weighted by Gasteiger charge is -2.24. The van der Waals surface area contributed by atoms with E-state index in [0.29, 0.717) is 21.3 Å². The number of benzene rings is 3. The van der Waals surface area contributed by atoms with E-state index in [1.165, 1.54) is 16.2 Å². The molecule has 0 radical (unpaired) electrons. The van der Waals surface area contributed by atoms with E-state index in [2.05, 4.69) is 25.8 Å². The lowest BCUT2D eigenvalue weighted by atomic mass is 9.85. The van der Waals surface area contributed by atoms with E-state index in [4.69, 9.17) is 11.6 Å².